The second-order valence-corrected chi connectivity index (χ2v) is 4.33. The first-order chi connectivity index (χ1) is 8.65. The molecule has 1 unspecified atom stereocenters. The normalized spacial score (nSPS) is 12.4. The average Bonchev–Trinajstić information content (AvgIpc) is 2.37. The van der Waals surface area contributed by atoms with Gasteiger partial charge in [0.2, 0.25) is 0 Å². The number of aliphatic hydroxyl groups excluding tert-OH is 1. The second-order valence-electron chi connectivity index (χ2n) is 3.97. The minimum atomic E-state index is -0.672. The Bertz CT molecular complexity index is 583. The van der Waals surface area contributed by atoms with Crippen molar-refractivity contribution in [1.82, 2.24) is 4.98 Å². The lowest BCUT2D eigenvalue weighted by Crippen LogP contribution is -1.99. The fourth-order valence-electron chi connectivity index (χ4n) is 1.79. The number of aromatic nitrogens is 1. The van der Waals surface area contributed by atoms with Gasteiger partial charge in [-0.25, -0.2) is 4.98 Å². The van der Waals surface area contributed by atoms with Crippen LogP contribution in [0.5, 0.6) is 5.75 Å². The van der Waals surface area contributed by atoms with Crippen LogP contribution in [0.1, 0.15) is 18.1 Å². The fraction of sp³-hybridized carbons (Fsp3) is 0.214. The number of benzene rings is 1. The Balaban J connectivity index is 2.52. The van der Waals surface area contributed by atoms with Crippen LogP contribution in [0.4, 0.5) is 0 Å². The SMILES string of the molecule is C=CCC(O)c1cc2ccc(OC)cc2nc1Cl. The van der Waals surface area contributed by atoms with E-state index in [9.17, 15) is 5.11 Å². The topological polar surface area (TPSA) is 42.4 Å². The average molecular weight is 264 g/mol. The molecular formula is C14H14ClNO2. The quantitative estimate of drug-likeness (QED) is 0.678. The lowest BCUT2D eigenvalue weighted by molar-refractivity contribution is 0.181. The van der Waals surface area contributed by atoms with E-state index in [1.54, 1.807) is 13.2 Å². The minimum Gasteiger partial charge on any atom is -0.497 e. The molecule has 2 rings (SSSR count). The van der Waals surface area contributed by atoms with Crippen LogP contribution in [0.2, 0.25) is 5.15 Å². The number of halogens is 1. The standard InChI is InChI=1S/C14H14ClNO2/c1-3-4-13(17)11-7-9-5-6-10(18-2)8-12(9)16-14(11)15/h3,5-8,13,17H,1,4H2,2H3. The van der Waals surface area contributed by atoms with Crippen molar-refractivity contribution in [3.63, 3.8) is 0 Å². The number of nitrogens with zero attached hydrogens (tertiary/aromatic N) is 1. The largest absolute Gasteiger partial charge is 0.497 e. The van der Waals surface area contributed by atoms with Crippen molar-refractivity contribution in [2.24, 2.45) is 0 Å². The molecule has 94 valence electrons. The molecule has 1 N–H and O–H groups in total. The molecule has 2 aromatic rings. The van der Waals surface area contributed by atoms with Crippen LogP contribution in [-0.2, 0) is 0 Å². The zero-order valence-corrected chi connectivity index (χ0v) is 10.8. The molecule has 1 atom stereocenters. The van der Waals surface area contributed by atoms with E-state index in [1.165, 1.54) is 0 Å². The van der Waals surface area contributed by atoms with Gasteiger partial charge in [-0.1, -0.05) is 17.7 Å². The Labute approximate surface area is 111 Å². The maximum atomic E-state index is 9.94. The van der Waals surface area contributed by atoms with Crippen molar-refractivity contribution in [1.29, 1.82) is 0 Å². The van der Waals surface area contributed by atoms with Crippen LogP contribution in [0.25, 0.3) is 10.9 Å². The maximum Gasteiger partial charge on any atom is 0.135 e. The third-order valence-corrected chi connectivity index (χ3v) is 3.06. The molecule has 0 amide bonds. The smallest absolute Gasteiger partial charge is 0.135 e. The summed E-state index contributed by atoms with van der Waals surface area (Å²) in [6.07, 6.45) is 1.43. The number of ether oxygens (including phenoxy) is 1. The van der Waals surface area contributed by atoms with Gasteiger partial charge in [-0.15, -0.1) is 6.58 Å². The molecule has 0 saturated heterocycles. The van der Waals surface area contributed by atoms with Crippen molar-refractivity contribution in [3.05, 3.63) is 47.6 Å². The van der Waals surface area contributed by atoms with E-state index in [2.05, 4.69) is 11.6 Å². The summed E-state index contributed by atoms with van der Waals surface area (Å²) in [5.41, 5.74) is 1.36. The van der Waals surface area contributed by atoms with Crippen LogP contribution in [-0.4, -0.2) is 17.2 Å². The van der Waals surface area contributed by atoms with E-state index in [0.29, 0.717) is 17.1 Å². The van der Waals surface area contributed by atoms with Gasteiger partial charge in [-0.05, 0) is 24.6 Å². The molecule has 1 aromatic carbocycles. The molecular weight excluding hydrogens is 250 g/mol. The number of hydrogen-bond acceptors (Lipinski definition) is 3. The zero-order chi connectivity index (χ0) is 13.1. The minimum absolute atomic E-state index is 0.310. The third-order valence-electron chi connectivity index (χ3n) is 2.75. The highest BCUT2D eigenvalue weighted by Crippen LogP contribution is 2.29. The van der Waals surface area contributed by atoms with Gasteiger partial charge in [0, 0.05) is 17.0 Å². The Kier molecular flexibility index (Phi) is 3.84. The van der Waals surface area contributed by atoms with Crippen LogP contribution >= 0.6 is 11.6 Å². The summed E-state index contributed by atoms with van der Waals surface area (Å²) in [6, 6.07) is 7.40. The molecule has 0 spiro atoms. The molecule has 0 saturated carbocycles. The van der Waals surface area contributed by atoms with Gasteiger partial charge < -0.3 is 9.84 Å². The Morgan fingerprint density at radius 1 is 1.50 bits per heavy atom. The molecule has 1 aromatic heterocycles. The van der Waals surface area contributed by atoms with E-state index in [1.807, 2.05) is 24.3 Å². The number of pyridine rings is 1. The van der Waals surface area contributed by atoms with Gasteiger partial charge in [0.05, 0.1) is 18.7 Å². The fourth-order valence-corrected chi connectivity index (χ4v) is 2.06. The summed E-state index contributed by atoms with van der Waals surface area (Å²) in [4.78, 5) is 4.28. The lowest BCUT2D eigenvalue weighted by Gasteiger charge is -2.11. The van der Waals surface area contributed by atoms with Gasteiger partial charge in [0.25, 0.3) is 0 Å². The van der Waals surface area contributed by atoms with E-state index in [4.69, 9.17) is 16.3 Å². The van der Waals surface area contributed by atoms with Crippen LogP contribution in [0.15, 0.2) is 36.9 Å². The van der Waals surface area contributed by atoms with Gasteiger partial charge in [-0.2, -0.15) is 0 Å². The van der Waals surface area contributed by atoms with E-state index < -0.39 is 6.10 Å². The lowest BCUT2D eigenvalue weighted by atomic mass is 10.1. The van der Waals surface area contributed by atoms with Gasteiger partial charge >= 0.3 is 0 Å². The molecule has 0 bridgehead atoms. The number of rotatable bonds is 4. The van der Waals surface area contributed by atoms with Crippen molar-refractivity contribution in [3.8, 4) is 5.75 Å². The second kappa shape index (κ2) is 5.38. The number of hydrogen-bond donors (Lipinski definition) is 1. The Morgan fingerprint density at radius 2 is 2.28 bits per heavy atom. The number of methoxy groups -OCH3 is 1. The van der Waals surface area contributed by atoms with Gasteiger partial charge in [0.1, 0.15) is 10.9 Å². The highest BCUT2D eigenvalue weighted by Gasteiger charge is 2.13. The number of fused-ring (bicyclic) bond motifs is 1. The molecule has 0 fully saturated rings. The molecule has 0 aliphatic carbocycles. The molecule has 3 nitrogen and oxygen atoms in total. The molecule has 4 heteroatoms. The first-order valence-corrected chi connectivity index (χ1v) is 5.96. The van der Waals surface area contributed by atoms with E-state index in [0.717, 1.165) is 16.7 Å². The summed E-state index contributed by atoms with van der Waals surface area (Å²) in [5.74, 6) is 0.727. The molecule has 1 heterocycles. The van der Waals surface area contributed by atoms with E-state index in [-0.39, 0.29) is 0 Å². The summed E-state index contributed by atoms with van der Waals surface area (Å²) in [5, 5.41) is 11.2. The monoisotopic (exact) mass is 263 g/mol. The Morgan fingerprint density at radius 3 is 2.94 bits per heavy atom. The van der Waals surface area contributed by atoms with Crippen LogP contribution in [0, 0.1) is 0 Å². The summed E-state index contributed by atoms with van der Waals surface area (Å²) >= 11 is 6.08. The molecule has 0 aliphatic rings. The summed E-state index contributed by atoms with van der Waals surface area (Å²) < 4.78 is 5.13. The van der Waals surface area contributed by atoms with Crippen molar-refractivity contribution in [2.75, 3.05) is 7.11 Å². The predicted molar refractivity (Wildman–Crippen MR) is 73.1 cm³/mol. The van der Waals surface area contributed by atoms with Gasteiger partial charge in [-0.3, -0.25) is 0 Å². The predicted octanol–water partition coefficient (Wildman–Crippen LogP) is 3.51. The summed E-state index contributed by atoms with van der Waals surface area (Å²) in [7, 11) is 1.60. The number of aliphatic hydroxyl groups is 1. The van der Waals surface area contributed by atoms with Gasteiger partial charge in [0.15, 0.2) is 0 Å². The third kappa shape index (κ3) is 2.47. The van der Waals surface area contributed by atoms with Crippen molar-refractivity contribution < 1.29 is 9.84 Å². The first kappa shape index (κ1) is 12.9. The molecule has 0 aliphatic heterocycles. The van der Waals surface area contributed by atoms with E-state index >= 15 is 0 Å². The van der Waals surface area contributed by atoms with Crippen LogP contribution in [0.3, 0.4) is 0 Å². The van der Waals surface area contributed by atoms with Crippen molar-refractivity contribution >= 4 is 22.5 Å². The molecule has 0 radical (unpaired) electrons. The Hall–Kier alpha value is -1.58. The van der Waals surface area contributed by atoms with Crippen LogP contribution < -0.4 is 4.74 Å². The zero-order valence-electron chi connectivity index (χ0n) is 10.1. The molecule has 18 heavy (non-hydrogen) atoms. The highest BCUT2D eigenvalue weighted by atomic mass is 35.5. The maximum absolute atomic E-state index is 9.94. The summed E-state index contributed by atoms with van der Waals surface area (Å²) in [6.45, 7) is 3.60. The highest BCUT2D eigenvalue weighted by molar-refractivity contribution is 6.30. The van der Waals surface area contributed by atoms with Crippen molar-refractivity contribution in [2.45, 2.75) is 12.5 Å². The first-order valence-electron chi connectivity index (χ1n) is 5.59.